The first kappa shape index (κ1) is 40.8. The summed E-state index contributed by atoms with van der Waals surface area (Å²) >= 11 is 0. The van der Waals surface area contributed by atoms with E-state index in [9.17, 15) is 0 Å². The second kappa shape index (κ2) is 16.6. The number of para-hydroxylation sites is 3. The summed E-state index contributed by atoms with van der Waals surface area (Å²) in [5, 5.41) is 5.99. The molecule has 0 saturated heterocycles. The third-order valence-corrected chi connectivity index (χ3v) is 12.9. The van der Waals surface area contributed by atoms with Crippen LogP contribution in [0.25, 0.3) is 83.2 Å². The maximum Gasteiger partial charge on any atom is 0.120 e. The van der Waals surface area contributed by atoms with Gasteiger partial charge in [0.05, 0.1) is 30.5 Å². The van der Waals surface area contributed by atoms with Gasteiger partial charge in [-0.05, 0) is 69.6 Å². The van der Waals surface area contributed by atoms with Gasteiger partial charge in [-0.25, -0.2) is 0 Å². The van der Waals surface area contributed by atoms with Gasteiger partial charge in [-0.2, -0.15) is 0 Å². The van der Waals surface area contributed by atoms with Gasteiger partial charge < -0.3 is 14.0 Å². The first-order valence-corrected chi connectivity index (χ1v) is 23.9. The molecule has 0 spiro atoms. The van der Waals surface area contributed by atoms with Gasteiger partial charge in [-0.1, -0.05) is 148 Å². The Morgan fingerprint density at radius 3 is 2.22 bits per heavy atom. The average molecular weight is 974 g/mol. The monoisotopic (exact) mass is 974 g/mol. The smallest absolute Gasteiger partial charge is 0.120 e. The van der Waals surface area contributed by atoms with Gasteiger partial charge in [-0.15, -0.1) is 54.1 Å². The molecule has 60 heavy (non-hydrogen) atoms. The maximum atomic E-state index is 6.40. The fourth-order valence-electron chi connectivity index (χ4n) is 8.15. The first-order chi connectivity index (χ1) is 28.5. The van der Waals surface area contributed by atoms with E-state index in [-0.39, 0.29) is 25.5 Å². The van der Waals surface area contributed by atoms with Crippen molar-refractivity contribution in [2.45, 2.75) is 46.8 Å². The van der Waals surface area contributed by atoms with Crippen molar-refractivity contribution < 1.29 is 24.5 Å². The quantitative estimate of drug-likeness (QED) is 0.123. The number of benzene rings is 7. The van der Waals surface area contributed by atoms with Crippen molar-refractivity contribution >= 4 is 57.0 Å². The Labute approximate surface area is 367 Å². The van der Waals surface area contributed by atoms with E-state index in [2.05, 4.69) is 173 Å². The number of rotatable bonds is 6. The minimum Gasteiger partial charge on any atom is -0.501 e. The Morgan fingerprint density at radius 2 is 1.43 bits per heavy atom. The van der Waals surface area contributed by atoms with E-state index in [1.165, 1.54) is 27.3 Å². The van der Waals surface area contributed by atoms with Gasteiger partial charge >= 0.3 is 0 Å². The third-order valence-electron chi connectivity index (χ3n) is 10.8. The molecule has 4 nitrogen and oxygen atoms in total. The van der Waals surface area contributed by atoms with Crippen LogP contribution in [0.4, 0.5) is 0 Å². The van der Waals surface area contributed by atoms with Gasteiger partial charge in [0.2, 0.25) is 0 Å². The molecule has 0 unspecified atom stereocenters. The van der Waals surface area contributed by atoms with Crippen molar-refractivity contribution in [3.63, 3.8) is 0 Å². The molecule has 3 heterocycles. The molecular weight excluding hydrogens is 927 g/mol. The zero-order valence-electron chi connectivity index (χ0n) is 34.9. The van der Waals surface area contributed by atoms with Crippen LogP contribution in [0.15, 0.2) is 168 Å². The van der Waals surface area contributed by atoms with Gasteiger partial charge in [0.15, 0.2) is 0 Å². The minimum atomic E-state index is -1.37. The molecule has 0 amide bonds. The fraction of sp³-hybridized carbons (Fsp3) is 0.148. The Hall–Kier alpha value is -5.91. The fourth-order valence-corrected chi connectivity index (χ4v) is 9.72. The van der Waals surface area contributed by atoms with Crippen LogP contribution in [0.5, 0.6) is 0 Å². The summed E-state index contributed by atoms with van der Waals surface area (Å²) < 4.78 is 8.66. The molecule has 3 aromatic heterocycles. The summed E-state index contributed by atoms with van der Waals surface area (Å²) in [4.78, 5) is 9.85. The minimum absolute atomic E-state index is 0. The number of fused-ring (bicyclic) bond motifs is 5. The second-order valence-corrected chi connectivity index (χ2v) is 22.6. The van der Waals surface area contributed by atoms with Crippen molar-refractivity contribution in [2.24, 2.45) is 5.41 Å². The number of pyridine rings is 1. The predicted molar refractivity (Wildman–Crippen MR) is 250 cm³/mol. The van der Waals surface area contributed by atoms with Crippen LogP contribution in [0.3, 0.4) is 0 Å². The number of hydrogen-bond acceptors (Lipinski definition) is 3. The summed E-state index contributed by atoms with van der Waals surface area (Å²) in [6.45, 7) is 14.1. The van der Waals surface area contributed by atoms with E-state index in [1.807, 2.05) is 48.5 Å². The molecule has 0 N–H and O–H groups in total. The molecule has 0 aliphatic heterocycles. The van der Waals surface area contributed by atoms with Gasteiger partial charge in [-0.3, -0.25) is 4.98 Å². The molecule has 10 rings (SSSR count). The SMILES string of the molecule is CC(C)(C)Cc1cc(-c2[c-]cccc2)ncc1[Si](C)(C)C.[Ir].[c-]1ccc2c(oc3ccccc32)c1-c1nc2ccccc2n1-c1cccc2ccc(-c3ccccc3)cc12. The summed E-state index contributed by atoms with van der Waals surface area (Å²) in [5.74, 6) is 0.813. The van der Waals surface area contributed by atoms with Gasteiger partial charge in [0, 0.05) is 42.8 Å². The van der Waals surface area contributed by atoms with E-state index in [0.717, 1.165) is 73.1 Å². The largest absolute Gasteiger partial charge is 0.501 e. The second-order valence-electron chi connectivity index (χ2n) is 17.5. The molecule has 0 atom stereocenters. The molecule has 10 aromatic rings. The van der Waals surface area contributed by atoms with E-state index in [1.54, 1.807) is 0 Å². The molecule has 0 fully saturated rings. The zero-order chi connectivity index (χ0) is 40.7. The summed E-state index contributed by atoms with van der Waals surface area (Å²) in [6, 6.07) is 61.2. The Bertz CT molecular complexity index is 3100. The molecular formula is C54H47IrN3OSi-2. The molecule has 6 heteroatoms. The van der Waals surface area contributed by atoms with Crippen LogP contribution >= 0.6 is 0 Å². The van der Waals surface area contributed by atoms with Crippen LogP contribution in [0.1, 0.15) is 26.3 Å². The molecule has 7 aromatic carbocycles. The average Bonchev–Trinajstić information content (AvgIpc) is 3.82. The molecule has 0 aliphatic carbocycles. The normalized spacial score (nSPS) is 11.8. The van der Waals surface area contributed by atoms with Crippen molar-refractivity contribution in [1.82, 2.24) is 14.5 Å². The summed E-state index contributed by atoms with van der Waals surface area (Å²) in [6.07, 6.45) is 3.21. The standard InChI is InChI=1S/C35H21N2O.C19H26NSi.Ir/c1-2-10-23(11-3-1)25-21-20-24-12-8-18-31(29(24)22-25)37-32-17-6-5-16-30(32)36-35(37)28-15-9-14-27-26-13-4-7-19-33(26)38-34(27)28;1-19(2,3)13-16-12-17(15-10-8-7-9-11-15)20-14-18(16)21(4,5)6;/h1-14,16-22H;7-10,12,14H,13H2,1-6H3;/q2*-1;. The number of furan rings is 1. The van der Waals surface area contributed by atoms with Crippen molar-refractivity contribution in [3.8, 4) is 39.5 Å². The molecule has 299 valence electrons. The molecule has 1 radical (unpaired) electrons. The zero-order valence-corrected chi connectivity index (χ0v) is 38.3. The first-order valence-electron chi connectivity index (χ1n) is 20.4. The van der Waals surface area contributed by atoms with E-state index < -0.39 is 8.07 Å². The van der Waals surface area contributed by atoms with E-state index in [4.69, 9.17) is 14.4 Å². The van der Waals surface area contributed by atoms with E-state index >= 15 is 0 Å². The Morgan fingerprint density at radius 1 is 0.667 bits per heavy atom. The number of nitrogens with zero attached hydrogens (tertiary/aromatic N) is 3. The van der Waals surface area contributed by atoms with Gasteiger partial charge in [0.25, 0.3) is 0 Å². The van der Waals surface area contributed by atoms with Crippen LogP contribution < -0.4 is 5.19 Å². The summed E-state index contributed by atoms with van der Waals surface area (Å²) in [7, 11) is -1.37. The van der Waals surface area contributed by atoms with E-state index in [0.29, 0.717) is 0 Å². The number of hydrogen-bond donors (Lipinski definition) is 0. The van der Waals surface area contributed by atoms with Crippen LogP contribution in [-0.4, -0.2) is 22.6 Å². The third kappa shape index (κ3) is 8.16. The number of imidazole rings is 1. The van der Waals surface area contributed by atoms with Crippen LogP contribution in [0, 0.1) is 17.5 Å². The van der Waals surface area contributed by atoms with Gasteiger partial charge in [0.1, 0.15) is 5.58 Å². The Kier molecular flexibility index (Phi) is 11.3. The van der Waals surface area contributed by atoms with Crippen LogP contribution in [0.2, 0.25) is 19.6 Å². The van der Waals surface area contributed by atoms with Crippen LogP contribution in [-0.2, 0) is 26.5 Å². The van der Waals surface area contributed by atoms with Crippen molar-refractivity contribution in [2.75, 3.05) is 0 Å². The molecule has 0 aliphatic rings. The summed E-state index contributed by atoms with van der Waals surface area (Å²) in [5.41, 5.74) is 11.8. The van der Waals surface area contributed by atoms with Crippen molar-refractivity contribution in [3.05, 3.63) is 182 Å². The maximum absolute atomic E-state index is 6.40. The number of aromatic nitrogens is 3. The molecule has 0 saturated carbocycles. The topological polar surface area (TPSA) is 43.9 Å². The molecule has 0 bridgehead atoms. The predicted octanol–water partition coefficient (Wildman–Crippen LogP) is 13.9. The Balaban J connectivity index is 0.000000194. The van der Waals surface area contributed by atoms with Crippen molar-refractivity contribution in [1.29, 1.82) is 0 Å².